The Morgan fingerprint density at radius 1 is 1.00 bits per heavy atom. The predicted molar refractivity (Wildman–Crippen MR) is 92.1 cm³/mol. The first kappa shape index (κ1) is 16.8. The largest absolute Gasteiger partial charge is 0.301 e. The molecule has 2 nitrogen and oxygen atoms in total. The fraction of sp³-hybridized carbons (Fsp3) is 0.667. The standard InChI is InChI=1S/C18H29ClN2/c1-4-20-9-11-21(12-10-20)14-18(19)17-7-5-16(6-8-17)13-15(2)3/h5-8,15,18H,4,9-14H2,1-3H3. The predicted octanol–water partition coefficient (Wildman–Crippen LogP) is 3.80. The minimum Gasteiger partial charge on any atom is -0.301 e. The maximum Gasteiger partial charge on any atom is 0.0712 e. The molecule has 1 aliphatic rings. The van der Waals surface area contributed by atoms with Gasteiger partial charge in [0.2, 0.25) is 0 Å². The van der Waals surface area contributed by atoms with Crippen molar-refractivity contribution in [1.82, 2.24) is 9.80 Å². The van der Waals surface area contributed by atoms with Crippen molar-refractivity contribution in [3.8, 4) is 0 Å². The Kier molecular flexibility index (Phi) is 6.53. The molecule has 1 unspecified atom stereocenters. The van der Waals surface area contributed by atoms with Crippen LogP contribution in [0.25, 0.3) is 0 Å². The third-order valence-electron chi connectivity index (χ3n) is 4.32. The van der Waals surface area contributed by atoms with E-state index in [0.717, 1.165) is 32.6 Å². The number of benzene rings is 1. The molecule has 0 saturated carbocycles. The Morgan fingerprint density at radius 2 is 1.57 bits per heavy atom. The highest BCUT2D eigenvalue weighted by Gasteiger charge is 2.19. The lowest BCUT2D eigenvalue weighted by atomic mass is 10.0. The van der Waals surface area contributed by atoms with Crippen molar-refractivity contribution in [2.45, 2.75) is 32.6 Å². The first-order valence-electron chi connectivity index (χ1n) is 8.26. The number of likely N-dealkylation sites (N-methyl/N-ethyl adjacent to an activating group) is 1. The molecule has 0 radical (unpaired) electrons. The zero-order valence-electron chi connectivity index (χ0n) is 13.7. The quantitative estimate of drug-likeness (QED) is 0.738. The lowest BCUT2D eigenvalue weighted by Crippen LogP contribution is -2.46. The molecule has 21 heavy (non-hydrogen) atoms. The van der Waals surface area contributed by atoms with E-state index in [4.69, 9.17) is 11.6 Å². The summed E-state index contributed by atoms with van der Waals surface area (Å²) >= 11 is 6.61. The van der Waals surface area contributed by atoms with Crippen molar-refractivity contribution in [1.29, 1.82) is 0 Å². The van der Waals surface area contributed by atoms with Crippen LogP contribution in [0.4, 0.5) is 0 Å². The molecule has 3 heteroatoms. The highest BCUT2D eigenvalue weighted by atomic mass is 35.5. The molecule has 0 amide bonds. The summed E-state index contributed by atoms with van der Waals surface area (Å²) in [5, 5.41) is 0.103. The molecule has 1 aromatic carbocycles. The molecule has 0 N–H and O–H groups in total. The summed E-state index contributed by atoms with van der Waals surface area (Å²) in [6.45, 7) is 13.5. The number of piperazine rings is 1. The smallest absolute Gasteiger partial charge is 0.0712 e. The SMILES string of the molecule is CCN1CCN(CC(Cl)c2ccc(CC(C)C)cc2)CC1. The first-order chi connectivity index (χ1) is 10.1. The Labute approximate surface area is 135 Å². The molecule has 0 aliphatic carbocycles. The lowest BCUT2D eigenvalue weighted by Gasteiger charge is -2.35. The lowest BCUT2D eigenvalue weighted by molar-refractivity contribution is 0.137. The van der Waals surface area contributed by atoms with Crippen molar-refractivity contribution in [2.24, 2.45) is 5.92 Å². The van der Waals surface area contributed by atoms with E-state index in [-0.39, 0.29) is 5.38 Å². The van der Waals surface area contributed by atoms with Crippen LogP contribution < -0.4 is 0 Å². The number of nitrogens with zero attached hydrogens (tertiary/aromatic N) is 2. The average molecular weight is 309 g/mol. The number of rotatable bonds is 6. The highest BCUT2D eigenvalue weighted by molar-refractivity contribution is 6.21. The van der Waals surface area contributed by atoms with Gasteiger partial charge < -0.3 is 4.90 Å². The minimum absolute atomic E-state index is 0.103. The molecule has 0 spiro atoms. The average Bonchev–Trinajstić information content (AvgIpc) is 2.48. The molecule has 0 aromatic heterocycles. The fourth-order valence-electron chi connectivity index (χ4n) is 2.95. The van der Waals surface area contributed by atoms with Gasteiger partial charge in [0.1, 0.15) is 0 Å². The van der Waals surface area contributed by atoms with Crippen molar-refractivity contribution in [2.75, 3.05) is 39.3 Å². The second-order valence-corrected chi connectivity index (χ2v) is 7.07. The van der Waals surface area contributed by atoms with Gasteiger partial charge in [-0.2, -0.15) is 0 Å². The molecule has 1 aliphatic heterocycles. The van der Waals surface area contributed by atoms with E-state index >= 15 is 0 Å². The van der Waals surface area contributed by atoms with Crippen LogP contribution >= 0.6 is 11.6 Å². The van der Waals surface area contributed by atoms with Gasteiger partial charge in [-0.25, -0.2) is 0 Å². The van der Waals surface area contributed by atoms with Gasteiger partial charge in [0, 0.05) is 32.7 Å². The van der Waals surface area contributed by atoms with Crippen LogP contribution in [0.5, 0.6) is 0 Å². The molecule has 1 atom stereocenters. The van der Waals surface area contributed by atoms with Crippen molar-refractivity contribution in [3.63, 3.8) is 0 Å². The van der Waals surface area contributed by atoms with Gasteiger partial charge in [-0.05, 0) is 30.0 Å². The van der Waals surface area contributed by atoms with E-state index < -0.39 is 0 Å². The molecule has 2 rings (SSSR count). The van der Waals surface area contributed by atoms with Gasteiger partial charge in [-0.3, -0.25) is 4.90 Å². The summed E-state index contributed by atoms with van der Waals surface area (Å²) in [5.74, 6) is 0.706. The van der Waals surface area contributed by atoms with E-state index in [2.05, 4.69) is 54.8 Å². The van der Waals surface area contributed by atoms with Crippen LogP contribution in [0.1, 0.15) is 37.3 Å². The third kappa shape index (κ3) is 5.28. The van der Waals surface area contributed by atoms with Crippen molar-refractivity contribution < 1.29 is 0 Å². The van der Waals surface area contributed by atoms with Gasteiger partial charge in [0.15, 0.2) is 0 Å². The molecule has 118 valence electrons. The van der Waals surface area contributed by atoms with Crippen LogP contribution in [0.3, 0.4) is 0 Å². The maximum atomic E-state index is 6.61. The Morgan fingerprint density at radius 3 is 2.10 bits per heavy atom. The number of hydrogen-bond acceptors (Lipinski definition) is 2. The van der Waals surface area contributed by atoms with E-state index in [9.17, 15) is 0 Å². The number of alkyl halides is 1. The maximum absolute atomic E-state index is 6.61. The van der Waals surface area contributed by atoms with Crippen LogP contribution in [0.15, 0.2) is 24.3 Å². The minimum atomic E-state index is 0.103. The zero-order chi connectivity index (χ0) is 15.2. The van der Waals surface area contributed by atoms with Gasteiger partial charge in [0.25, 0.3) is 0 Å². The van der Waals surface area contributed by atoms with Gasteiger partial charge in [-0.15, -0.1) is 11.6 Å². The summed E-state index contributed by atoms with van der Waals surface area (Å²) in [5.41, 5.74) is 2.66. The second kappa shape index (κ2) is 8.17. The molecular formula is C18H29ClN2. The normalized spacial score (nSPS) is 19.1. The molecule has 1 heterocycles. The van der Waals surface area contributed by atoms with Crippen molar-refractivity contribution in [3.05, 3.63) is 35.4 Å². The fourth-order valence-corrected chi connectivity index (χ4v) is 3.29. The zero-order valence-corrected chi connectivity index (χ0v) is 14.4. The van der Waals surface area contributed by atoms with Crippen molar-refractivity contribution >= 4 is 11.6 Å². The number of hydrogen-bond donors (Lipinski definition) is 0. The monoisotopic (exact) mass is 308 g/mol. The third-order valence-corrected chi connectivity index (χ3v) is 4.71. The van der Waals surface area contributed by atoms with E-state index in [1.165, 1.54) is 24.2 Å². The van der Waals surface area contributed by atoms with E-state index in [1.54, 1.807) is 0 Å². The summed E-state index contributed by atoms with van der Waals surface area (Å²) in [4.78, 5) is 4.99. The second-order valence-electron chi connectivity index (χ2n) is 6.54. The molecule has 1 aromatic rings. The summed E-state index contributed by atoms with van der Waals surface area (Å²) in [7, 11) is 0. The van der Waals surface area contributed by atoms with Gasteiger partial charge in [-0.1, -0.05) is 45.0 Å². The molecular weight excluding hydrogens is 280 g/mol. The topological polar surface area (TPSA) is 6.48 Å². The molecule has 1 fully saturated rings. The van der Waals surface area contributed by atoms with Crippen LogP contribution in [0.2, 0.25) is 0 Å². The van der Waals surface area contributed by atoms with Crippen LogP contribution in [0, 0.1) is 5.92 Å². The summed E-state index contributed by atoms with van der Waals surface area (Å²) in [6, 6.07) is 8.88. The Bertz CT molecular complexity index is 408. The summed E-state index contributed by atoms with van der Waals surface area (Å²) < 4.78 is 0. The van der Waals surface area contributed by atoms with Gasteiger partial charge >= 0.3 is 0 Å². The van der Waals surface area contributed by atoms with E-state index in [1.807, 2.05) is 0 Å². The van der Waals surface area contributed by atoms with E-state index in [0.29, 0.717) is 5.92 Å². The van der Waals surface area contributed by atoms with Gasteiger partial charge in [0.05, 0.1) is 5.38 Å². The molecule has 1 saturated heterocycles. The summed E-state index contributed by atoms with van der Waals surface area (Å²) in [6.07, 6.45) is 1.15. The first-order valence-corrected chi connectivity index (χ1v) is 8.69. The van der Waals surface area contributed by atoms with Crippen LogP contribution in [-0.4, -0.2) is 49.1 Å². The Hall–Kier alpha value is -0.570. The number of halogens is 1. The Balaban J connectivity index is 1.84. The highest BCUT2D eigenvalue weighted by Crippen LogP contribution is 2.23. The van der Waals surface area contributed by atoms with Crippen LogP contribution in [-0.2, 0) is 6.42 Å². The molecule has 0 bridgehead atoms.